The molecule has 134 valence electrons. The zero-order chi connectivity index (χ0) is 17.6. The minimum Gasteiger partial charge on any atom is -0.497 e. The molecule has 1 aliphatic heterocycles. The van der Waals surface area contributed by atoms with Crippen molar-refractivity contribution in [3.8, 4) is 5.75 Å². The number of likely N-dealkylation sites (tertiary alicyclic amines) is 1. The first kappa shape index (κ1) is 17.5. The number of rotatable bonds is 6. The van der Waals surface area contributed by atoms with Crippen LogP contribution in [0.25, 0.3) is 0 Å². The Morgan fingerprint density at radius 1 is 1.32 bits per heavy atom. The SMILES string of the molecule is COc1ccc(CC(=O)N2CCC[C@@H](c3ccn(CCO)n3)C2)cc1. The number of methoxy groups -OCH3 is 1. The third-order valence-corrected chi connectivity index (χ3v) is 4.70. The summed E-state index contributed by atoms with van der Waals surface area (Å²) in [7, 11) is 1.63. The first-order valence-corrected chi connectivity index (χ1v) is 8.74. The minimum atomic E-state index is 0.0816. The number of aliphatic hydroxyl groups is 1. The van der Waals surface area contributed by atoms with Crippen LogP contribution in [-0.4, -0.2) is 52.5 Å². The van der Waals surface area contributed by atoms with Crippen molar-refractivity contribution in [1.82, 2.24) is 14.7 Å². The number of benzene rings is 1. The molecule has 1 atom stereocenters. The van der Waals surface area contributed by atoms with E-state index in [0.717, 1.165) is 36.4 Å². The van der Waals surface area contributed by atoms with Gasteiger partial charge < -0.3 is 14.7 Å². The predicted molar refractivity (Wildman–Crippen MR) is 94.6 cm³/mol. The Kier molecular flexibility index (Phi) is 5.71. The van der Waals surface area contributed by atoms with Crippen LogP contribution in [0.15, 0.2) is 36.5 Å². The van der Waals surface area contributed by atoms with Gasteiger partial charge in [-0.25, -0.2) is 0 Å². The molecular formula is C19H25N3O3. The summed E-state index contributed by atoms with van der Waals surface area (Å²) >= 11 is 0. The highest BCUT2D eigenvalue weighted by molar-refractivity contribution is 5.79. The van der Waals surface area contributed by atoms with E-state index in [1.807, 2.05) is 41.4 Å². The number of nitrogens with zero attached hydrogens (tertiary/aromatic N) is 3. The number of hydrogen-bond donors (Lipinski definition) is 1. The van der Waals surface area contributed by atoms with Crippen LogP contribution in [0.4, 0.5) is 0 Å². The van der Waals surface area contributed by atoms with Crippen LogP contribution >= 0.6 is 0 Å². The third kappa shape index (κ3) is 4.39. The average molecular weight is 343 g/mol. The average Bonchev–Trinajstić information content (AvgIpc) is 3.11. The molecule has 1 aromatic carbocycles. The second-order valence-electron chi connectivity index (χ2n) is 6.43. The molecule has 1 fully saturated rings. The van der Waals surface area contributed by atoms with Crippen molar-refractivity contribution in [1.29, 1.82) is 0 Å². The van der Waals surface area contributed by atoms with E-state index in [4.69, 9.17) is 9.84 Å². The Bertz CT molecular complexity index is 696. The summed E-state index contributed by atoms with van der Waals surface area (Å²) in [6.45, 7) is 2.11. The number of hydrogen-bond acceptors (Lipinski definition) is 4. The number of ether oxygens (including phenoxy) is 1. The second kappa shape index (κ2) is 8.16. The lowest BCUT2D eigenvalue weighted by atomic mass is 9.94. The van der Waals surface area contributed by atoms with Gasteiger partial charge in [0.15, 0.2) is 0 Å². The summed E-state index contributed by atoms with van der Waals surface area (Å²) in [6, 6.07) is 9.64. The summed E-state index contributed by atoms with van der Waals surface area (Å²) in [5, 5.41) is 13.5. The minimum absolute atomic E-state index is 0.0816. The van der Waals surface area contributed by atoms with Gasteiger partial charge in [0.1, 0.15) is 5.75 Å². The molecule has 0 bridgehead atoms. The Labute approximate surface area is 148 Å². The van der Waals surface area contributed by atoms with E-state index in [0.29, 0.717) is 19.5 Å². The maximum atomic E-state index is 12.6. The maximum Gasteiger partial charge on any atom is 0.227 e. The lowest BCUT2D eigenvalue weighted by molar-refractivity contribution is -0.131. The first-order valence-electron chi connectivity index (χ1n) is 8.74. The molecule has 1 N–H and O–H groups in total. The molecule has 3 rings (SSSR count). The van der Waals surface area contributed by atoms with E-state index < -0.39 is 0 Å². The summed E-state index contributed by atoms with van der Waals surface area (Å²) in [4.78, 5) is 14.6. The van der Waals surface area contributed by atoms with Gasteiger partial charge in [-0.3, -0.25) is 9.48 Å². The van der Waals surface area contributed by atoms with Crippen molar-refractivity contribution in [2.75, 3.05) is 26.8 Å². The summed E-state index contributed by atoms with van der Waals surface area (Å²) in [6.07, 6.45) is 4.34. The zero-order valence-corrected chi connectivity index (χ0v) is 14.6. The third-order valence-electron chi connectivity index (χ3n) is 4.70. The molecule has 2 heterocycles. The van der Waals surface area contributed by atoms with E-state index in [2.05, 4.69) is 5.10 Å². The van der Waals surface area contributed by atoms with Crippen molar-refractivity contribution < 1.29 is 14.6 Å². The molecule has 0 aliphatic carbocycles. The lowest BCUT2D eigenvalue weighted by Gasteiger charge is -2.32. The van der Waals surface area contributed by atoms with Crippen molar-refractivity contribution in [3.05, 3.63) is 47.8 Å². The normalized spacial score (nSPS) is 17.5. The van der Waals surface area contributed by atoms with E-state index in [1.54, 1.807) is 11.8 Å². The van der Waals surface area contributed by atoms with Crippen LogP contribution in [0.1, 0.15) is 30.0 Å². The summed E-state index contributed by atoms with van der Waals surface area (Å²) in [5.41, 5.74) is 2.01. The molecule has 2 aromatic rings. The fourth-order valence-electron chi connectivity index (χ4n) is 3.30. The van der Waals surface area contributed by atoms with Crippen LogP contribution in [0.5, 0.6) is 5.75 Å². The van der Waals surface area contributed by atoms with E-state index in [-0.39, 0.29) is 18.4 Å². The van der Waals surface area contributed by atoms with Crippen molar-refractivity contribution in [2.45, 2.75) is 31.7 Å². The standard InChI is InChI=1S/C19H25N3O3/c1-25-17-6-4-15(5-7-17)13-19(24)21-9-2-3-16(14-21)18-8-10-22(20-18)11-12-23/h4-8,10,16,23H,2-3,9,11-14H2,1H3/t16-/m1/s1. The second-order valence-corrected chi connectivity index (χ2v) is 6.43. The molecule has 1 saturated heterocycles. The molecule has 1 aliphatic rings. The highest BCUT2D eigenvalue weighted by atomic mass is 16.5. The zero-order valence-electron chi connectivity index (χ0n) is 14.6. The highest BCUT2D eigenvalue weighted by Crippen LogP contribution is 2.26. The molecule has 6 nitrogen and oxygen atoms in total. The van der Waals surface area contributed by atoms with Crippen molar-refractivity contribution in [2.24, 2.45) is 0 Å². The quantitative estimate of drug-likeness (QED) is 0.869. The summed E-state index contributed by atoms with van der Waals surface area (Å²) in [5.74, 6) is 1.23. The van der Waals surface area contributed by atoms with Crippen LogP contribution in [0, 0.1) is 0 Å². The number of carbonyl (C=O) groups is 1. The first-order chi connectivity index (χ1) is 12.2. The predicted octanol–water partition coefficient (Wildman–Crippen LogP) is 1.83. The molecule has 0 radical (unpaired) electrons. The fraction of sp³-hybridized carbons (Fsp3) is 0.474. The van der Waals surface area contributed by atoms with Crippen molar-refractivity contribution >= 4 is 5.91 Å². The van der Waals surface area contributed by atoms with Crippen LogP contribution < -0.4 is 4.74 Å². The van der Waals surface area contributed by atoms with Gasteiger partial charge in [0, 0.05) is 25.2 Å². The monoisotopic (exact) mass is 343 g/mol. The van der Waals surface area contributed by atoms with Crippen LogP contribution in [0.3, 0.4) is 0 Å². The number of aliphatic hydroxyl groups excluding tert-OH is 1. The Balaban J connectivity index is 1.60. The number of carbonyl (C=O) groups excluding carboxylic acids is 1. The summed E-state index contributed by atoms with van der Waals surface area (Å²) < 4.78 is 6.91. The van der Waals surface area contributed by atoms with Gasteiger partial charge in [0.25, 0.3) is 0 Å². The van der Waals surface area contributed by atoms with Gasteiger partial charge in [0.05, 0.1) is 32.4 Å². The Morgan fingerprint density at radius 2 is 2.12 bits per heavy atom. The fourth-order valence-corrected chi connectivity index (χ4v) is 3.30. The van der Waals surface area contributed by atoms with Gasteiger partial charge in [-0.1, -0.05) is 12.1 Å². The molecule has 25 heavy (non-hydrogen) atoms. The number of piperidine rings is 1. The Hall–Kier alpha value is -2.34. The van der Waals surface area contributed by atoms with Gasteiger partial charge in [0.2, 0.25) is 5.91 Å². The lowest BCUT2D eigenvalue weighted by Crippen LogP contribution is -2.40. The van der Waals surface area contributed by atoms with E-state index >= 15 is 0 Å². The van der Waals surface area contributed by atoms with Gasteiger partial charge in [-0.2, -0.15) is 5.10 Å². The maximum absolute atomic E-state index is 12.6. The van der Waals surface area contributed by atoms with Crippen LogP contribution in [0.2, 0.25) is 0 Å². The topological polar surface area (TPSA) is 67.6 Å². The highest BCUT2D eigenvalue weighted by Gasteiger charge is 2.26. The molecule has 6 heteroatoms. The van der Waals surface area contributed by atoms with Crippen molar-refractivity contribution in [3.63, 3.8) is 0 Å². The molecule has 0 saturated carbocycles. The molecule has 0 spiro atoms. The smallest absolute Gasteiger partial charge is 0.227 e. The van der Waals surface area contributed by atoms with Gasteiger partial charge in [-0.05, 0) is 36.6 Å². The van der Waals surface area contributed by atoms with E-state index in [9.17, 15) is 4.79 Å². The molecule has 0 unspecified atom stereocenters. The van der Waals surface area contributed by atoms with Crippen LogP contribution in [-0.2, 0) is 17.8 Å². The van der Waals surface area contributed by atoms with Gasteiger partial charge >= 0.3 is 0 Å². The molecule has 1 amide bonds. The van der Waals surface area contributed by atoms with Gasteiger partial charge in [-0.15, -0.1) is 0 Å². The van der Waals surface area contributed by atoms with E-state index in [1.165, 1.54) is 0 Å². The molecular weight excluding hydrogens is 318 g/mol. The molecule has 1 aromatic heterocycles. The largest absolute Gasteiger partial charge is 0.497 e. The Morgan fingerprint density at radius 3 is 2.84 bits per heavy atom. The number of amides is 1. The number of aromatic nitrogens is 2.